The molecule has 0 N–H and O–H groups in total. The predicted octanol–water partition coefficient (Wildman–Crippen LogP) is 3.08. The second-order valence-corrected chi connectivity index (χ2v) is 3.99. The SMILES string of the molecule is O=[N+]([O-])c1cccc(-c2c([N+](=O)[O-])cccc2[N+](=O)[O-])c1. The third kappa shape index (κ3) is 2.66. The molecule has 0 unspecified atom stereocenters. The molecule has 0 heterocycles. The van der Waals surface area contributed by atoms with E-state index in [0.29, 0.717) is 0 Å². The van der Waals surface area contributed by atoms with Crippen LogP contribution in [0.3, 0.4) is 0 Å². The Kier molecular flexibility index (Phi) is 3.57. The minimum atomic E-state index is -0.763. The van der Waals surface area contributed by atoms with Crippen LogP contribution in [0.15, 0.2) is 42.5 Å². The van der Waals surface area contributed by atoms with Crippen molar-refractivity contribution in [3.8, 4) is 11.1 Å². The van der Waals surface area contributed by atoms with E-state index in [-0.39, 0.29) is 16.8 Å². The van der Waals surface area contributed by atoms with Crippen molar-refractivity contribution in [2.24, 2.45) is 0 Å². The maximum atomic E-state index is 11.0. The highest BCUT2D eigenvalue weighted by Gasteiger charge is 2.26. The molecule has 0 aliphatic heterocycles. The number of benzene rings is 2. The topological polar surface area (TPSA) is 129 Å². The first-order valence-corrected chi connectivity index (χ1v) is 5.58. The number of nitro benzene ring substituents is 3. The van der Waals surface area contributed by atoms with Crippen molar-refractivity contribution in [2.45, 2.75) is 0 Å². The molecular formula is C12H7N3O6. The van der Waals surface area contributed by atoms with Crippen LogP contribution in [0.4, 0.5) is 17.1 Å². The van der Waals surface area contributed by atoms with E-state index in [1.165, 1.54) is 24.3 Å². The number of hydrogen-bond donors (Lipinski definition) is 0. The Bertz CT molecular complexity index is 726. The van der Waals surface area contributed by atoms with E-state index in [2.05, 4.69) is 0 Å². The maximum absolute atomic E-state index is 11.0. The van der Waals surface area contributed by atoms with Crippen LogP contribution < -0.4 is 0 Å². The normalized spacial score (nSPS) is 10.1. The zero-order chi connectivity index (χ0) is 15.6. The first kappa shape index (κ1) is 14.1. The van der Waals surface area contributed by atoms with Crippen LogP contribution in [0.1, 0.15) is 0 Å². The van der Waals surface area contributed by atoms with Crippen molar-refractivity contribution in [1.82, 2.24) is 0 Å². The number of rotatable bonds is 4. The number of nitrogens with zero attached hydrogens (tertiary/aromatic N) is 3. The molecule has 0 atom stereocenters. The minimum absolute atomic E-state index is 0.0446. The quantitative estimate of drug-likeness (QED) is 0.628. The second kappa shape index (κ2) is 5.33. The molecule has 0 radical (unpaired) electrons. The van der Waals surface area contributed by atoms with Crippen LogP contribution in [-0.2, 0) is 0 Å². The Morgan fingerprint density at radius 3 is 1.71 bits per heavy atom. The fourth-order valence-electron chi connectivity index (χ4n) is 1.90. The Morgan fingerprint density at radius 1 is 0.714 bits per heavy atom. The summed E-state index contributed by atoms with van der Waals surface area (Å²) in [6.07, 6.45) is 0. The monoisotopic (exact) mass is 289 g/mol. The molecule has 2 aromatic rings. The van der Waals surface area contributed by atoms with Gasteiger partial charge < -0.3 is 0 Å². The van der Waals surface area contributed by atoms with Gasteiger partial charge in [0.05, 0.1) is 14.8 Å². The van der Waals surface area contributed by atoms with Gasteiger partial charge in [0.1, 0.15) is 5.56 Å². The standard InChI is InChI=1S/C12H7N3O6/c16-13(17)9-4-1-3-8(7-9)12-10(14(18)19)5-2-6-11(12)15(20)21/h1-7H. The van der Waals surface area contributed by atoms with Gasteiger partial charge in [-0.1, -0.05) is 12.1 Å². The van der Waals surface area contributed by atoms with Gasteiger partial charge in [-0.15, -0.1) is 0 Å². The lowest BCUT2D eigenvalue weighted by Crippen LogP contribution is -1.98. The van der Waals surface area contributed by atoms with Crippen LogP contribution in [0, 0.1) is 30.3 Å². The van der Waals surface area contributed by atoms with Gasteiger partial charge in [-0.05, 0) is 6.07 Å². The first-order chi connectivity index (χ1) is 9.91. The highest BCUT2D eigenvalue weighted by Crippen LogP contribution is 2.38. The Hall–Kier alpha value is -3.36. The molecule has 0 aromatic heterocycles. The molecule has 0 fully saturated rings. The second-order valence-electron chi connectivity index (χ2n) is 3.99. The van der Waals surface area contributed by atoms with Gasteiger partial charge >= 0.3 is 0 Å². The Morgan fingerprint density at radius 2 is 1.24 bits per heavy atom. The molecule has 9 nitrogen and oxygen atoms in total. The fourth-order valence-corrected chi connectivity index (χ4v) is 1.90. The van der Waals surface area contributed by atoms with Gasteiger partial charge in [0.15, 0.2) is 0 Å². The molecule has 0 bridgehead atoms. The van der Waals surface area contributed by atoms with Gasteiger partial charge in [0.25, 0.3) is 17.1 Å². The predicted molar refractivity (Wildman–Crippen MR) is 71.8 cm³/mol. The van der Waals surface area contributed by atoms with Crippen molar-refractivity contribution in [1.29, 1.82) is 0 Å². The smallest absolute Gasteiger partial charge is 0.258 e. The summed E-state index contributed by atoms with van der Waals surface area (Å²) in [5.74, 6) is 0. The molecular weight excluding hydrogens is 282 g/mol. The third-order valence-corrected chi connectivity index (χ3v) is 2.76. The number of nitro groups is 3. The van der Waals surface area contributed by atoms with Gasteiger partial charge in [-0.25, -0.2) is 0 Å². The summed E-state index contributed by atoms with van der Waals surface area (Å²) in [7, 11) is 0. The maximum Gasteiger partial charge on any atom is 0.284 e. The van der Waals surface area contributed by atoms with Gasteiger partial charge in [-0.2, -0.15) is 0 Å². The van der Waals surface area contributed by atoms with Gasteiger partial charge in [0.2, 0.25) is 0 Å². The van der Waals surface area contributed by atoms with Crippen LogP contribution in [0.25, 0.3) is 11.1 Å². The lowest BCUT2D eigenvalue weighted by Gasteiger charge is -2.04. The van der Waals surface area contributed by atoms with E-state index >= 15 is 0 Å². The molecule has 0 spiro atoms. The van der Waals surface area contributed by atoms with Crippen molar-refractivity contribution in [2.75, 3.05) is 0 Å². The summed E-state index contributed by atoms with van der Waals surface area (Å²) < 4.78 is 0. The zero-order valence-corrected chi connectivity index (χ0v) is 10.3. The lowest BCUT2D eigenvalue weighted by atomic mass is 10.0. The fraction of sp³-hybridized carbons (Fsp3) is 0. The summed E-state index contributed by atoms with van der Waals surface area (Å²) in [5, 5.41) is 32.8. The molecule has 106 valence electrons. The molecule has 0 aliphatic carbocycles. The van der Waals surface area contributed by atoms with Crippen molar-refractivity contribution >= 4 is 17.1 Å². The molecule has 9 heteroatoms. The van der Waals surface area contributed by atoms with Crippen LogP contribution >= 0.6 is 0 Å². The van der Waals surface area contributed by atoms with E-state index < -0.39 is 26.1 Å². The molecule has 21 heavy (non-hydrogen) atoms. The van der Waals surface area contributed by atoms with E-state index in [9.17, 15) is 30.3 Å². The van der Waals surface area contributed by atoms with Gasteiger partial charge in [0, 0.05) is 29.8 Å². The third-order valence-electron chi connectivity index (χ3n) is 2.76. The van der Waals surface area contributed by atoms with Crippen molar-refractivity contribution < 1.29 is 14.8 Å². The average Bonchev–Trinajstić information content (AvgIpc) is 2.46. The number of non-ortho nitro benzene ring substituents is 1. The molecule has 2 aromatic carbocycles. The van der Waals surface area contributed by atoms with E-state index in [1.807, 2.05) is 0 Å². The van der Waals surface area contributed by atoms with Crippen molar-refractivity contribution in [3.63, 3.8) is 0 Å². The van der Waals surface area contributed by atoms with Crippen molar-refractivity contribution in [3.05, 3.63) is 72.8 Å². The summed E-state index contributed by atoms with van der Waals surface area (Å²) in [5.41, 5.74) is -1.48. The highest BCUT2D eigenvalue weighted by atomic mass is 16.6. The molecule has 2 rings (SSSR count). The Balaban J connectivity index is 2.77. The van der Waals surface area contributed by atoms with E-state index in [4.69, 9.17) is 0 Å². The van der Waals surface area contributed by atoms with Gasteiger partial charge in [-0.3, -0.25) is 30.3 Å². The van der Waals surface area contributed by atoms with E-state index in [0.717, 1.165) is 18.2 Å². The summed E-state index contributed by atoms with van der Waals surface area (Å²) in [6, 6.07) is 8.34. The molecule has 0 saturated carbocycles. The van der Waals surface area contributed by atoms with E-state index in [1.54, 1.807) is 0 Å². The summed E-state index contributed by atoms with van der Waals surface area (Å²) in [4.78, 5) is 30.6. The summed E-state index contributed by atoms with van der Waals surface area (Å²) in [6.45, 7) is 0. The zero-order valence-electron chi connectivity index (χ0n) is 10.3. The number of hydrogen-bond acceptors (Lipinski definition) is 6. The highest BCUT2D eigenvalue weighted by molar-refractivity contribution is 5.83. The van der Waals surface area contributed by atoms with Crippen LogP contribution in [0.5, 0.6) is 0 Å². The summed E-state index contributed by atoms with van der Waals surface area (Å²) >= 11 is 0. The van der Waals surface area contributed by atoms with Crippen LogP contribution in [-0.4, -0.2) is 14.8 Å². The first-order valence-electron chi connectivity index (χ1n) is 5.58. The van der Waals surface area contributed by atoms with Crippen LogP contribution in [0.2, 0.25) is 0 Å². The molecule has 0 amide bonds. The minimum Gasteiger partial charge on any atom is -0.258 e. The molecule has 0 aliphatic rings. The molecule has 0 saturated heterocycles. The lowest BCUT2D eigenvalue weighted by molar-refractivity contribution is -0.392. The Labute approximate surface area is 116 Å². The largest absolute Gasteiger partial charge is 0.284 e. The average molecular weight is 289 g/mol.